The zero-order chi connectivity index (χ0) is 13.8. The van der Waals surface area contributed by atoms with Gasteiger partial charge in [-0.25, -0.2) is 4.98 Å². The SMILES string of the molecule is ClCc1csc(CCCCN2CCn3cnnc3C2)n1. The second-order valence-corrected chi connectivity index (χ2v) is 6.25. The predicted molar refractivity (Wildman–Crippen MR) is 79.9 cm³/mol. The Morgan fingerprint density at radius 1 is 1.30 bits per heavy atom. The number of alkyl halides is 1. The van der Waals surface area contributed by atoms with Crippen LogP contribution in [-0.2, 0) is 25.4 Å². The van der Waals surface area contributed by atoms with Crippen molar-refractivity contribution >= 4 is 22.9 Å². The molecule has 1 aliphatic rings. The summed E-state index contributed by atoms with van der Waals surface area (Å²) in [6, 6.07) is 0. The summed E-state index contributed by atoms with van der Waals surface area (Å²) >= 11 is 7.48. The molecule has 0 aromatic carbocycles. The number of halogens is 1. The Hall–Kier alpha value is -0.980. The molecule has 0 atom stereocenters. The Morgan fingerprint density at radius 3 is 3.10 bits per heavy atom. The van der Waals surface area contributed by atoms with E-state index in [4.69, 9.17) is 11.6 Å². The van der Waals surface area contributed by atoms with Crippen molar-refractivity contribution < 1.29 is 0 Å². The van der Waals surface area contributed by atoms with Crippen molar-refractivity contribution in [2.75, 3.05) is 13.1 Å². The summed E-state index contributed by atoms with van der Waals surface area (Å²) in [5.41, 5.74) is 1.00. The standard InChI is InChI=1S/C13H18ClN5S/c14-7-11-9-20-13(16-11)3-1-2-4-18-5-6-19-10-15-17-12(19)8-18/h9-10H,1-8H2. The molecule has 0 saturated carbocycles. The topological polar surface area (TPSA) is 46.8 Å². The van der Waals surface area contributed by atoms with Crippen molar-refractivity contribution in [3.05, 3.63) is 28.2 Å². The molecule has 3 heterocycles. The third-order valence-electron chi connectivity index (χ3n) is 3.57. The number of hydrogen-bond acceptors (Lipinski definition) is 5. The maximum atomic E-state index is 5.76. The van der Waals surface area contributed by atoms with Crippen molar-refractivity contribution in [2.45, 2.75) is 38.2 Å². The zero-order valence-corrected chi connectivity index (χ0v) is 12.9. The molecule has 0 radical (unpaired) electrons. The molecule has 0 aliphatic carbocycles. The minimum absolute atomic E-state index is 0.519. The van der Waals surface area contributed by atoms with Crippen LogP contribution in [0.1, 0.15) is 29.4 Å². The highest BCUT2D eigenvalue weighted by Gasteiger charge is 2.16. The van der Waals surface area contributed by atoms with Crippen LogP contribution in [0.5, 0.6) is 0 Å². The van der Waals surface area contributed by atoms with Crippen molar-refractivity contribution in [1.29, 1.82) is 0 Å². The first-order valence-corrected chi connectivity index (χ1v) is 8.35. The lowest BCUT2D eigenvalue weighted by Gasteiger charge is -2.26. The second kappa shape index (κ2) is 6.65. The van der Waals surface area contributed by atoms with E-state index in [0.29, 0.717) is 5.88 Å². The van der Waals surface area contributed by atoms with E-state index in [-0.39, 0.29) is 0 Å². The molecule has 108 valence electrons. The number of hydrogen-bond donors (Lipinski definition) is 0. The fourth-order valence-corrected chi connectivity index (χ4v) is 3.51. The van der Waals surface area contributed by atoms with Gasteiger partial charge in [-0.1, -0.05) is 0 Å². The average Bonchev–Trinajstić information content (AvgIpc) is 3.11. The monoisotopic (exact) mass is 311 g/mol. The Bertz CT molecular complexity index is 552. The summed E-state index contributed by atoms with van der Waals surface area (Å²) in [5.74, 6) is 1.60. The van der Waals surface area contributed by atoms with Crippen molar-refractivity contribution in [2.24, 2.45) is 0 Å². The van der Waals surface area contributed by atoms with Crippen LogP contribution in [0.2, 0.25) is 0 Å². The number of aromatic nitrogens is 4. The van der Waals surface area contributed by atoms with E-state index in [9.17, 15) is 0 Å². The Balaban J connectivity index is 1.38. The summed E-state index contributed by atoms with van der Waals surface area (Å²) < 4.78 is 2.14. The minimum Gasteiger partial charge on any atom is -0.315 e. The van der Waals surface area contributed by atoms with Gasteiger partial charge in [-0.3, -0.25) is 4.90 Å². The first-order chi connectivity index (χ1) is 9.85. The molecule has 1 aliphatic heterocycles. The molecule has 2 aromatic heterocycles. The molecule has 0 N–H and O–H groups in total. The molecular formula is C13H18ClN5S. The van der Waals surface area contributed by atoms with Crippen LogP contribution in [0.4, 0.5) is 0 Å². The third-order valence-corrected chi connectivity index (χ3v) is 4.80. The highest BCUT2D eigenvalue weighted by atomic mass is 35.5. The van der Waals surface area contributed by atoms with Crippen molar-refractivity contribution in [3.63, 3.8) is 0 Å². The average molecular weight is 312 g/mol. The van der Waals surface area contributed by atoms with Crippen LogP contribution < -0.4 is 0 Å². The summed E-state index contributed by atoms with van der Waals surface area (Å²) in [5, 5.41) is 11.4. The maximum absolute atomic E-state index is 5.76. The van der Waals surface area contributed by atoms with Gasteiger partial charge in [-0.05, 0) is 25.8 Å². The predicted octanol–water partition coefficient (Wildman–Crippen LogP) is 2.31. The van der Waals surface area contributed by atoms with Crippen LogP contribution in [0.15, 0.2) is 11.7 Å². The summed E-state index contributed by atoms with van der Waals surface area (Å²) in [6.07, 6.45) is 5.26. The molecule has 20 heavy (non-hydrogen) atoms. The first kappa shape index (κ1) is 14.0. The Labute approximate surface area is 127 Å². The van der Waals surface area contributed by atoms with E-state index >= 15 is 0 Å². The van der Waals surface area contributed by atoms with Crippen LogP contribution in [0, 0.1) is 0 Å². The molecule has 0 fully saturated rings. The minimum atomic E-state index is 0.519. The summed E-state index contributed by atoms with van der Waals surface area (Å²) in [6.45, 7) is 4.15. The molecule has 0 bridgehead atoms. The summed E-state index contributed by atoms with van der Waals surface area (Å²) in [7, 11) is 0. The van der Waals surface area contributed by atoms with Gasteiger partial charge in [0.15, 0.2) is 0 Å². The molecular weight excluding hydrogens is 294 g/mol. The lowest BCUT2D eigenvalue weighted by molar-refractivity contribution is 0.213. The van der Waals surface area contributed by atoms with E-state index < -0.39 is 0 Å². The normalized spacial score (nSPS) is 15.4. The van der Waals surface area contributed by atoms with Crippen LogP contribution in [0.25, 0.3) is 0 Å². The van der Waals surface area contributed by atoms with Gasteiger partial charge in [-0.2, -0.15) is 0 Å². The molecule has 0 amide bonds. The smallest absolute Gasteiger partial charge is 0.147 e. The van der Waals surface area contributed by atoms with Gasteiger partial charge in [0.2, 0.25) is 0 Å². The van der Waals surface area contributed by atoms with Gasteiger partial charge >= 0.3 is 0 Å². The van der Waals surface area contributed by atoms with Gasteiger partial charge < -0.3 is 4.57 Å². The largest absolute Gasteiger partial charge is 0.315 e. The Morgan fingerprint density at radius 2 is 2.25 bits per heavy atom. The van der Waals surface area contributed by atoms with E-state index in [1.165, 1.54) is 17.8 Å². The second-order valence-electron chi connectivity index (χ2n) is 5.04. The van der Waals surface area contributed by atoms with E-state index in [0.717, 1.165) is 44.1 Å². The van der Waals surface area contributed by atoms with Gasteiger partial charge in [0, 0.05) is 18.5 Å². The van der Waals surface area contributed by atoms with E-state index in [1.807, 2.05) is 6.33 Å². The zero-order valence-electron chi connectivity index (χ0n) is 11.3. The maximum Gasteiger partial charge on any atom is 0.147 e. The van der Waals surface area contributed by atoms with Gasteiger partial charge in [-0.15, -0.1) is 33.1 Å². The first-order valence-electron chi connectivity index (χ1n) is 6.93. The number of nitrogens with zero attached hydrogens (tertiary/aromatic N) is 5. The molecule has 0 unspecified atom stereocenters. The van der Waals surface area contributed by atoms with Crippen LogP contribution >= 0.6 is 22.9 Å². The molecule has 3 rings (SSSR count). The molecule has 0 saturated heterocycles. The van der Waals surface area contributed by atoms with Gasteiger partial charge in [0.1, 0.15) is 12.2 Å². The van der Waals surface area contributed by atoms with Crippen molar-refractivity contribution in [3.8, 4) is 0 Å². The van der Waals surface area contributed by atoms with Crippen LogP contribution in [0.3, 0.4) is 0 Å². The van der Waals surface area contributed by atoms with Crippen molar-refractivity contribution in [1.82, 2.24) is 24.6 Å². The molecule has 7 heteroatoms. The third kappa shape index (κ3) is 3.37. The number of aryl methyl sites for hydroxylation is 1. The number of rotatable bonds is 6. The lowest BCUT2D eigenvalue weighted by Crippen LogP contribution is -2.34. The number of thiazole rings is 1. The molecule has 2 aromatic rings. The molecule has 0 spiro atoms. The van der Waals surface area contributed by atoms with E-state index in [1.54, 1.807) is 11.3 Å². The summed E-state index contributed by atoms with van der Waals surface area (Å²) in [4.78, 5) is 6.94. The van der Waals surface area contributed by atoms with E-state index in [2.05, 4.69) is 30.0 Å². The highest BCUT2D eigenvalue weighted by Crippen LogP contribution is 2.15. The number of unbranched alkanes of at least 4 members (excludes halogenated alkanes) is 1. The Kier molecular flexibility index (Phi) is 4.65. The quantitative estimate of drug-likeness (QED) is 0.607. The van der Waals surface area contributed by atoms with Gasteiger partial charge in [0.25, 0.3) is 0 Å². The van der Waals surface area contributed by atoms with Crippen LogP contribution in [-0.4, -0.2) is 37.7 Å². The highest BCUT2D eigenvalue weighted by molar-refractivity contribution is 7.09. The number of fused-ring (bicyclic) bond motifs is 1. The molecule has 5 nitrogen and oxygen atoms in total. The lowest BCUT2D eigenvalue weighted by atomic mass is 10.2. The van der Waals surface area contributed by atoms with Gasteiger partial charge in [0.05, 0.1) is 23.1 Å². The fourth-order valence-electron chi connectivity index (χ4n) is 2.44. The fraction of sp³-hybridized carbons (Fsp3) is 0.615.